The van der Waals surface area contributed by atoms with Crippen LogP contribution in [0.2, 0.25) is 0 Å². The maximum absolute atomic E-state index is 11.9. The summed E-state index contributed by atoms with van der Waals surface area (Å²) in [6.07, 6.45) is 4.96. The topological polar surface area (TPSA) is 67.3 Å². The maximum Gasteiger partial charge on any atom is 0.165 e. The molecule has 3 rings (SSSR count). The number of carbonyl (C=O) groups excluding carboxylic acids is 1. The average Bonchev–Trinajstić information content (AvgIpc) is 3.35. The predicted molar refractivity (Wildman–Crippen MR) is 131 cm³/mol. The van der Waals surface area contributed by atoms with E-state index in [4.69, 9.17) is 4.74 Å². The van der Waals surface area contributed by atoms with E-state index in [1.54, 1.807) is 24.5 Å². The molecular formula is C25H32N4O2S. The van der Waals surface area contributed by atoms with E-state index in [2.05, 4.69) is 57.9 Å². The molecule has 0 amide bonds. The number of Topliss-reactive ketones (excluding diaryl/α,β-unsaturated/α-hetero) is 1. The van der Waals surface area contributed by atoms with Gasteiger partial charge in [0.1, 0.15) is 24.0 Å². The molecule has 2 aromatic heterocycles. The lowest BCUT2D eigenvalue weighted by Crippen LogP contribution is -2.23. The number of carbonyl (C=O) groups is 1. The monoisotopic (exact) mass is 452 g/mol. The minimum Gasteiger partial charge on any atom is -0.485 e. The second-order valence-electron chi connectivity index (χ2n) is 8.01. The van der Waals surface area contributed by atoms with Crippen LogP contribution in [0.15, 0.2) is 54.3 Å². The van der Waals surface area contributed by atoms with Crippen molar-refractivity contribution in [3.05, 3.63) is 70.3 Å². The van der Waals surface area contributed by atoms with E-state index >= 15 is 0 Å². The van der Waals surface area contributed by atoms with E-state index in [9.17, 15) is 4.79 Å². The SMILES string of the molecule is CNCC[C@@H](Oc1cccc(C(C)CCN(C)c2ncncc2C(C)=O)c1)c1cccs1. The number of thiophene rings is 1. The van der Waals surface area contributed by atoms with Gasteiger partial charge in [-0.1, -0.05) is 25.1 Å². The Kier molecular flexibility index (Phi) is 8.76. The lowest BCUT2D eigenvalue weighted by Gasteiger charge is -2.23. The molecule has 0 fully saturated rings. The number of hydrogen-bond acceptors (Lipinski definition) is 7. The maximum atomic E-state index is 11.9. The van der Waals surface area contributed by atoms with E-state index in [1.807, 2.05) is 25.1 Å². The number of nitrogens with one attached hydrogen (secondary N) is 1. The largest absolute Gasteiger partial charge is 0.485 e. The molecule has 0 spiro atoms. The summed E-state index contributed by atoms with van der Waals surface area (Å²) in [6, 6.07) is 12.6. The zero-order valence-corrected chi connectivity index (χ0v) is 20.1. The zero-order chi connectivity index (χ0) is 22.9. The molecule has 2 atom stereocenters. The molecule has 32 heavy (non-hydrogen) atoms. The fourth-order valence-corrected chi connectivity index (χ4v) is 4.39. The van der Waals surface area contributed by atoms with E-state index in [1.165, 1.54) is 16.8 Å². The second kappa shape index (κ2) is 11.7. The fraction of sp³-hybridized carbons (Fsp3) is 0.400. The first-order valence-electron chi connectivity index (χ1n) is 11.0. The molecule has 7 heteroatoms. The van der Waals surface area contributed by atoms with Crippen LogP contribution in [0.25, 0.3) is 0 Å². The summed E-state index contributed by atoms with van der Waals surface area (Å²) in [5, 5.41) is 5.31. The third-order valence-corrected chi connectivity index (χ3v) is 6.52. The molecule has 1 N–H and O–H groups in total. The van der Waals surface area contributed by atoms with Crippen molar-refractivity contribution >= 4 is 22.9 Å². The lowest BCUT2D eigenvalue weighted by atomic mass is 9.97. The van der Waals surface area contributed by atoms with Gasteiger partial charge in [-0.15, -0.1) is 11.3 Å². The number of nitrogens with zero attached hydrogens (tertiary/aromatic N) is 3. The highest BCUT2D eigenvalue weighted by atomic mass is 32.1. The summed E-state index contributed by atoms with van der Waals surface area (Å²) in [7, 11) is 3.93. The summed E-state index contributed by atoms with van der Waals surface area (Å²) in [5.74, 6) is 1.89. The van der Waals surface area contributed by atoms with Gasteiger partial charge in [-0.05, 0) is 62.0 Å². The number of rotatable bonds is 12. The van der Waals surface area contributed by atoms with Crippen molar-refractivity contribution in [2.24, 2.45) is 0 Å². The molecule has 0 radical (unpaired) electrons. The van der Waals surface area contributed by atoms with E-state index in [-0.39, 0.29) is 11.9 Å². The van der Waals surface area contributed by atoms with Crippen LogP contribution in [0.5, 0.6) is 5.75 Å². The Morgan fingerprint density at radius 1 is 1.25 bits per heavy atom. The van der Waals surface area contributed by atoms with Crippen molar-refractivity contribution in [1.82, 2.24) is 15.3 Å². The summed E-state index contributed by atoms with van der Waals surface area (Å²) in [6.45, 7) is 5.45. The van der Waals surface area contributed by atoms with Crippen LogP contribution < -0.4 is 15.0 Å². The summed E-state index contributed by atoms with van der Waals surface area (Å²) < 4.78 is 6.39. The highest BCUT2D eigenvalue weighted by Crippen LogP contribution is 2.30. The molecule has 170 valence electrons. The zero-order valence-electron chi connectivity index (χ0n) is 19.2. The second-order valence-corrected chi connectivity index (χ2v) is 8.99. The Bertz CT molecular complexity index is 993. The van der Waals surface area contributed by atoms with Gasteiger partial charge in [0, 0.05) is 31.1 Å². The Morgan fingerprint density at radius 3 is 2.81 bits per heavy atom. The van der Waals surface area contributed by atoms with E-state index in [0.29, 0.717) is 17.3 Å². The lowest BCUT2D eigenvalue weighted by molar-refractivity contribution is 0.101. The van der Waals surface area contributed by atoms with Crippen LogP contribution in [0.4, 0.5) is 5.82 Å². The summed E-state index contributed by atoms with van der Waals surface area (Å²) >= 11 is 1.73. The Labute approximate surface area is 194 Å². The molecule has 2 heterocycles. The van der Waals surface area contributed by atoms with E-state index < -0.39 is 0 Å². The van der Waals surface area contributed by atoms with Gasteiger partial charge in [-0.25, -0.2) is 9.97 Å². The normalized spacial score (nSPS) is 12.9. The number of anilines is 1. The molecule has 1 aromatic carbocycles. The number of ether oxygens (including phenoxy) is 1. The van der Waals surface area contributed by atoms with Gasteiger partial charge in [0.05, 0.1) is 5.56 Å². The molecular weight excluding hydrogens is 420 g/mol. The third-order valence-electron chi connectivity index (χ3n) is 5.55. The van der Waals surface area contributed by atoms with Crippen LogP contribution in [-0.4, -0.2) is 42.9 Å². The van der Waals surface area contributed by atoms with Crippen LogP contribution in [-0.2, 0) is 0 Å². The van der Waals surface area contributed by atoms with Gasteiger partial charge in [0.25, 0.3) is 0 Å². The summed E-state index contributed by atoms with van der Waals surface area (Å²) in [5.41, 5.74) is 1.79. The van der Waals surface area contributed by atoms with Gasteiger partial charge in [-0.3, -0.25) is 4.79 Å². The van der Waals surface area contributed by atoms with Crippen molar-refractivity contribution in [2.45, 2.75) is 38.7 Å². The number of ketones is 1. The van der Waals surface area contributed by atoms with Gasteiger partial charge in [0.15, 0.2) is 5.78 Å². The van der Waals surface area contributed by atoms with Crippen LogP contribution >= 0.6 is 11.3 Å². The minimum atomic E-state index is -0.0242. The van der Waals surface area contributed by atoms with Crippen molar-refractivity contribution in [3.8, 4) is 5.75 Å². The minimum absolute atomic E-state index is 0.0242. The van der Waals surface area contributed by atoms with E-state index in [0.717, 1.165) is 31.7 Å². The molecule has 0 bridgehead atoms. The van der Waals surface area contributed by atoms with Crippen molar-refractivity contribution in [1.29, 1.82) is 0 Å². The Morgan fingerprint density at radius 2 is 2.09 bits per heavy atom. The highest BCUT2D eigenvalue weighted by Gasteiger charge is 2.17. The number of aromatic nitrogens is 2. The molecule has 0 aliphatic rings. The average molecular weight is 453 g/mol. The van der Waals surface area contributed by atoms with Crippen LogP contribution in [0.1, 0.15) is 59.5 Å². The van der Waals surface area contributed by atoms with Crippen molar-refractivity contribution in [2.75, 3.05) is 32.1 Å². The van der Waals surface area contributed by atoms with Crippen molar-refractivity contribution < 1.29 is 9.53 Å². The third kappa shape index (κ3) is 6.37. The van der Waals surface area contributed by atoms with Gasteiger partial charge in [0.2, 0.25) is 0 Å². The molecule has 0 saturated carbocycles. The number of hydrogen-bond donors (Lipinski definition) is 1. The Hall–Kier alpha value is -2.77. The molecule has 0 aliphatic heterocycles. The first kappa shape index (κ1) is 23.9. The smallest absolute Gasteiger partial charge is 0.165 e. The Balaban J connectivity index is 1.65. The quantitative estimate of drug-likeness (QED) is 0.386. The standard InChI is InChI=1S/C25H32N4O2S/c1-18(11-13-29(4)25-22(19(2)30)16-27-17-28-25)20-7-5-8-21(15-20)31-23(10-12-26-3)24-9-6-14-32-24/h5-9,14-18,23,26H,10-13H2,1-4H3/t18?,23-/m1/s1. The molecule has 0 saturated heterocycles. The molecule has 6 nitrogen and oxygen atoms in total. The van der Waals surface area contributed by atoms with Gasteiger partial charge in [-0.2, -0.15) is 0 Å². The van der Waals surface area contributed by atoms with Crippen molar-refractivity contribution in [3.63, 3.8) is 0 Å². The van der Waals surface area contributed by atoms with Crippen LogP contribution in [0.3, 0.4) is 0 Å². The first-order valence-corrected chi connectivity index (χ1v) is 11.8. The fourth-order valence-electron chi connectivity index (χ4n) is 3.60. The first-order chi connectivity index (χ1) is 15.5. The van der Waals surface area contributed by atoms with Gasteiger partial charge >= 0.3 is 0 Å². The highest BCUT2D eigenvalue weighted by molar-refractivity contribution is 7.10. The number of benzene rings is 1. The molecule has 1 unspecified atom stereocenters. The molecule has 3 aromatic rings. The molecule has 0 aliphatic carbocycles. The van der Waals surface area contributed by atoms with Gasteiger partial charge < -0.3 is 15.0 Å². The summed E-state index contributed by atoms with van der Waals surface area (Å²) in [4.78, 5) is 23.5. The van der Waals surface area contributed by atoms with Crippen LogP contribution in [0, 0.1) is 0 Å². The predicted octanol–water partition coefficient (Wildman–Crippen LogP) is 5.10.